The number of esters is 1. The Morgan fingerprint density at radius 2 is 1.95 bits per heavy atom. The fraction of sp³-hybridized carbons (Fsp3) is 0.333. The van der Waals surface area contributed by atoms with Gasteiger partial charge in [-0.1, -0.05) is 5.21 Å². The second-order valence-electron chi connectivity index (χ2n) is 5.15. The summed E-state index contributed by atoms with van der Waals surface area (Å²) < 4.78 is 6.43. The molecule has 1 aliphatic rings. The molecule has 1 atom stereocenters. The molecule has 114 valence electrons. The highest BCUT2D eigenvalue weighted by Gasteiger charge is 2.28. The van der Waals surface area contributed by atoms with Crippen LogP contribution in [0.1, 0.15) is 33.2 Å². The third-order valence-electron chi connectivity index (χ3n) is 3.82. The monoisotopic (exact) mass is 300 g/mol. The van der Waals surface area contributed by atoms with Gasteiger partial charge in [0.2, 0.25) is 0 Å². The van der Waals surface area contributed by atoms with Crippen molar-refractivity contribution in [2.24, 2.45) is 0 Å². The largest absolute Gasteiger partial charge is 0.465 e. The summed E-state index contributed by atoms with van der Waals surface area (Å²) in [6.45, 7) is 1.29. The number of carbonyl (C=O) groups is 2. The summed E-state index contributed by atoms with van der Waals surface area (Å²) in [6, 6.07) is 6.67. The van der Waals surface area contributed by atoms with Crippen LogP contribution in [0.2, 0.25) is 0 Å². The van der Waals surface area contributed by atoms with E-state index in [1.54, 1.807) is 40.0 Å². The van der Waals surface area contributed by atoms with Gasteiger partial charge in [0, 0.05) is 24.8 Å². The van der Waals surface area contributed by atoms with Gasteiger partial charge in [0.15, 0.2) is 0 Å². The highest BCUT2D eigenvalue weighted by Crippen LogP contribution is 2.22. The maximum Gasteiger partial charge on any atom is 0.337 e. The molecule has 1 fully saturated rings. The van der Waals surface area contributed by atoms with Crippen LogP contribution in [-0.4, -0.2) is 52.0 Å². The number of nitrogens with zero attached hydrogens (tertiary/aromatic N) is 4. The van der Waals surface area contributed by atoms with Crippen molar-refractivity contribution in [2.45, 2.75) is 12.5 Å². The maximum atomic E-state index is 12.5. The number of methoxy groups -OCH3 is 1. The number of ether oxygens (including phenoxy) is 1. The fourth-order valence-corrected chi connectivity index (χ4v) is 2.60. The lowest BCUT2D eigenvalue weighted by Crippen LogP contribution is -2.29. The Labute approximate surface area is 127 Å². The first kappa shape index (κ1) is 14.2. The first-order valence-electron chi connectivity index (χ1n) is 7.02. The summed E-state index contributed by atoms with van der Waals surface area (Å²) in [7, 11) is 1.33. The number of carbonyl (C=O) groups excluding carboxylic acids is 2. The molecule has 0 spiro atoms. The SMILES string of the molecule is COC(=O)c1ccc(C(=O)N2CC[C@@H](n3ccnn3)C2)cc1. The second kappa shape index (κ2) is 5.97. The van der Waals surface area contributed by atoms with E-state index in [0.29, 0.717) is 24.2 Å². The smallest absolute Gasteiger partial charge is 0.337 e. The Bertz CT molecular complexity index is 667. The number of likely N-dealkylation sites (tertiary alicyclic amines) is 1. The van der Waals surface area contributed by atoms with Crippen molar-refractivity contribution in [3.05, 3.63) is 47.8 Å². The summed E-state index contributed by atoms with van der Waals surface area (Å²) >= 11 is 0. The summed E-state index contributed by atoms with van der Waals surface area (Å²) in [5, 5.41) is 7.78. The van der Waals surface area contributed by atoms with Gasteiger partial charge in [-0.15, -0.1) is 5.10 Å². The van der Waals surface area contributed by atoms with Crippen LogP contribution in [0.5, 0.6) is 0 Å². The zero-order valence-electron chi connectivity index (χ0n) is 12.2. The zero-order valence-corrected chi connectivity index (χ0v) is 12.2. The van der Waals surface area contributed by atoms with Gasteiger partial charge in [-0.05, 0) is 30.7 Å². The van der Waals surface area contributed by atoms with Crippen molar-refractivity contribution >= 4 is 11.9 Å². The Kier molecular flexibility index (Phi) is 3.86. The van der Waals surface area contributed by atoms with Gasteiger partial charge < -0.3 is 9.64 Å². The van der Waals surface area contributed by atoms with E-state index in [2.05, 4.69) is 15.0 Å². The molecular weight excluding hydrogens is 284 g/mol. The Morgan fingerprint density at radius 1 is 1.23 bits per heavy atom. The van der Waals surface area contributed by atoms with Gasteiger partial charge in [0.25, 0.3) is 5.91 Å². The average molecular weight is 300 g/mol. The molecule has 0 aliphatic carbocycles. The summed E-state index contributed by atoms with van der Waals surface area (Å²) in [5.41, 5.74) is 0.993. The van der Waals surface area contributed by atoms with Crippen molar-refractivity contribution < 1.29 is 14.3 Å². The minimum Gasteiger partial charge on any atom is -0.465 e. The van der Waals surface area contributed by atoms with Crippen LogP contribution in [0.3, 0.4) is 0 Å². The van der Waals surface area contributed by atoms with E-state index >= 15 is 0 Å². The number of aromatic nitrogens is 3. The molecule has 22 heavy (non-hydrogen) atoms. The molecule has 0 unspecified atom stereocenters. The summed E-state index contributed by atoms with van der Waals surface area (Å²) in [6.07, 6.45) is 4.30. The van der Waals surface area contributed by atoms with Crippen LogP contribution in [0.25, 0.3) is 0 Å². The van der Waals surface area contributed by atoms with Crippen LogP contribution in [-0.2, 0) is 4.74 Å². The highest BCUT2D eigenvalue weighted by molar-refractivity contribution is 5.96. The predicted molar refractivity (Wildman–Crippen MR) is 77.4 cm³/mol. The third-order valence-corrected chi connectivity index (χ3v) is 3.82. The lowest BCUT2D eigenvalue weighted by atomic mass is 10.1. The Hall–Kier alpha value is -2.70. The van der Waals surface area contributed by atoms with E-state index in [1.807, 2.05) is 6.20 Å². The molecular formula is C15H16N4O3. The molecule has 1 amide bonds. The normalized spacial score (nSPS) is 17.5. The van der Waals surface area contributed by atoms with Crippen LogP contribution in [0.15, 0.2) is 36.7 Å². The van der Waals surface area contributed by atoms with Crippen LogP contribution < -0.4 is 0 Å². The van der Waals surface area contributed by atoms with Gasteiger partial charge in [0.1, 0.15) is 0 Å². The lowest BCUT2D eigenvalue weighted by molar-refractivity contribution is 0.0600. The van der Waals surface area contributed by atoms with Gasteiger partial charge in [-0.3, -0.25) is 4.79 Å². The van der Waals surface area contributed by atoms with Crippen molar-refractivity contribution in [1.82, 2.24) is 19.9 Å². The molecule has 7 heteroatoms. The molecule has 1 aromatic heterocycles. The fourth-order valence-electron chi connectivity index (χ4n) is 2.60. The van der Waals surface area contributed by atoms with Gasteiger partial charge in [-0.2, -0.15) is 0 Å². The quantitative estimate of drug-likeness (QED) is 0.795. The zero-order chi connectivity index (χ0) is 15.5. The van der Waals surface area contributed by atoms with E-state index < -0.39 is 5.97 Å². The van der Waals surface area contributed by atoms with Crippen molar-refractivity contribution in [1.29, 1.82) is 0 Å². The minimum absolute atomic E-state index is 0.0426. The Morgan fingerprint density at radius 3 is 2.59 bits per heavy atom. The molecule has 1 saturated heterocycles. The number of amides is 1. The molecule has 0 radical (unpaired) electrons. The minimum atomic E-state index is -0.411. The van der Waals surface area contributed by atoms with Crippen LogP contribution >= 0.6 is 0 Å². The third kappa shape index (κ3) is 2.69. The Balaban J connectivity index is 1.68. The van der Waals surface area contributed by atoms with E-state index in [0.717, 1.165) is 6.42 Å². The van der Waals surface area contributed by atoms with Crippen molar-refractivity contribution in [3.63, 3.8) is 0 Å². The molecule has 2 aromatic rings. The summed E-state index contributed by atoms with van der Waals surface area (Å²) in [5.74, 6) is -0.453. The molecule has 0 saturated carbocycles. The molecule has 0 bridgehead atoms. The van der Waals surface area contributed by atoms with E-state index in [-0.39, 0.29) is 11.9 Å². The predicted octanol–water partition coefficient (Wildman–Crippen LogP) is 1.15. The van der Waals surface area contributed by atoms with E-state index in [4.69, 9.17) is 0 Å². The molecule has 1 aliphatic heterocycles. The molecule has 7 nitrogen and oxygen atoms in total. The standard InChI is InChI=1S/C15H16N4O3/c1-22-15(21)12-4-2-11(3-5-12)14(20)18-8-6-13(10-18)19-9-7-16-17-19/h2-5,7,9,13H,6,8,10H2,1H3/t13-/m1/s1. The molecule has 0 N–H and O–H groups in total. The number of benzene rings is 1. The summed E-state index contributed by atoms with van der Waals surface area (Å²) in [4.78, 5) is 25.7. The number of hydrogen-bond acceptors (Lipinski definition) is 5. The van der Waals surface area contributed by atoms with Crippen molar-refractivity contribution in [3.8, 4) is 0 Å². The van der Waals surface area contributed by atoms with Gasteiger partial charge in [0.05, 0.1) is 24.9 Å². The van der Waals surface area contributed by atoms with Crippen molar-refractivity contribution in [2.75, 3.05) is 20.2 Å². The first-order chi connectivity index (χ1) is 10.7. The molecule has 1 aromatic carbocycles. The number of rotatable bonds is 3. The topological polar surface area (TPSA) is 77.3 Å². The highest BCUT2D eigenvalue weighted by atomic mass is 16.5. The first-order valence-corrected chi connectivity index (χ1v) is 7.02. The maximum absolute atomic E-state index is 12.5. The number of hydrogen-bond donors (Lipinski definition) is 0. The van der Waals surface area contributed by atoms with E-state index in [9.17, 15) is 9.59 Å². The van der Waals surface area contributed by atoms with Gasteiger partial charge in [-0.25, -0.2) is 9.48 Å². The van der Waals surface area contributed by atoms with Crippen LogP contribution in [0.4, 0.5) is 0 Å². The molecule has 3 rings (SSSR count). The lowest BCUT2D eigenvalue weighted by Gasteiger charge is -2.16. The average Bonchev–Trinajstić information content (AvgIpc) is 3.24. The van der Waals surface area contributed by atoms with Gasteiger partial charge >= 0.3 is 5.97 Å². The molecule has 2 heterocycles. The second-order valence-corrected chi connectivity index (χ2v) is 5.15. The van der Waals surface area contributed by atoms with Crippen LogP contribution in [0, 0.1) is 0 Å². The van der Waals surface area contributed by atoms with E-state index in [1.165, 1.54) is 7.11 Å².